The fourth-order valence-corrected chi connectivity index (χ4v) is 3.44. The Hall–Kier alpha value is -0.570. The number of rotatable bonds is 21. The highest BCUT2D eigenvalue weighted by Gasteiger charge is 2.11. The third-order valence-corrected chi connectivity index (χ3v) is 5.27. The zero-order valence-corrected chi connectivity index (χ0v) is 18.9. The average molecular weight is 384 g/mol. The molecule has 0 fully saturated rings. The standard InChI is InChI=1S/C24H49NO2/c1-4-7-10-13-15-17-20-25(21-18-16-14-11-8-5-2)23-24(26)27-22-19-12-9-6-3/h4-23H2,1-3H3. The molecule has 0 radical (unpaired) electrons. The Balaban J connectivity index is 4.00. The van der Waals surface area contributed by atoms with Gasteiger partial charge < -0.3 is 4.74 Å². The molecule has 0 rings (SSSR count). The Morgan fingerprint density at radius 2 is 1.00 bits per heavy atom. The van der Waals surface area contributed by atoms with Crippen LogP contribution in [0.15, 0.2) is 0 Å². The molecule has 0 spiro atoms. The summed E-state index contributed by atoms with van der Waals surface area (Å²) >= 11 is 0. The van der Waals surface area contributed by atoms with E-state index in [0.717, 1.165) is 19.5 Å². The first-order valence-corrected chi connectivity index (χ1v) is 12.1. The van der Waals surface area contributed by atoms with Crippen LogP contribution in [0.5, 0.6) is 0 Å². The van der Waals surface area contributed by atoms with Crippen molar-refractivity contribution in [1.82, 2.24) is 4.90 Å². The van der Waals surface area contributed by atoms with Crippen molar-refractivity contribution in [1.29, 1.82) is 0 Å². The van der Waals surface area contributed by atoms with E-state index in [-0.39, 0.29) is 5.97 Å². The molecule has 0 heterocycles. The second kappa shape index (κ2) is 21.7. The van der Waals surface area contributed by atoms with E-state index in [2.05, 4.69) is 25.7 Å². The first-order valence-electron chi connectivity index (χ1n) is 12.1. The summed E-state index contributed by atoms with van der Waals surface area (Å²) < 4.78 is 5.46. The Morgan fingerprint density at radius 3 is 1.48 bits per heavy atom. The number of esters is 1. The number of unbranched alkanes of at least 4 members (excludes halogenated alkanes) is 13. The lowest BCUT2D eigenvalue weighted by Crippen LogP contribution is -2.33. The number of carbonyl (C=O) groups excluding carboxylic acids is 1. The summed E-state index contributed by atoms with van der Waals surface area (Å²) in [5, 5.41) is 0. The van der Waals surface area contributed by atoms with Gasteiger partial charge in [-0.05, 0) is 32.4 Å². The average Bonchev–Trinajstić information content (AvgIpc) is 2.66. The van der Waals surface area contributed by atoms with Gasteiger partial charge in [0.25, 0.3) is 0 Å². The van der Waals surface area contributed by atoms with E-state index in [0.29, 0.717) is 13.2 Å². The summed E-state index contributed by atoms with van der Waals surface area (Å²) in [5.41, 5.74) is 0. The molecular weight excluding hydrogens is 334 g/mol. The van der Waals surface area contributed by atoms with Crippen LogP contribution in [0.4, 0.5) is 0 Å². The normalized spacial score (nSPS) is 11.3. The first kappa shape index (κ1) is 26.4. The molecular formula is C24H49NO2. The fourth-order valence-electron chi connectivity index (χ4n) is 3.44. The molecule has 162 valence electrons. The molecule has 0 aliphatic rings. The van der Waals surface area contributed by atoms with E-state index in [1.165, 1.54) is 96.3 Å². The summed E-state index contributed by atoms with van der Waals surface area (Å²) in [6.07, 6.45) is 20.3. The molecule has 3 heteroatoms. The molecule has 0 N–H and O–H groups in total. The van der Waals surface area contributed by atoms with Crippen molar-refractivity contribution in [2.75, 3.05) is 26.2 Å². The molecule has 0 aromatic heterocycles. The van der Waals surface area contributed by atoms with E-state index in [4.69, 9.17) is 4.74 Å². The first-order chi connectivity index (χ1) is 13.2. The molecule has 0 saturated carbocycles. The van der Waals surface area contributed by atoms with Gasteiger partial charge in [-0.2, -0.15) is 0 Å². The molecule has 0 atom stereocenters. The minimum atomic E-state index is -0.0246. The van der Waals surface area contributed by atoms with Crippen molar-refractivity contribution in [2.45, 2.75) is 124 Å². The number of carbonyl (C=O) groups is 1. The maximum atomic E-state index is 12.2. The van der Waals surface area contributed by atoms with Crippen LogP contribution in [0.1, 0.15) is 124 Å². The highest BCUT2D eigenvalue weighted by Crippen LogP contribution is 2.09. The van der Waals surface area contributed by atoms with Crippen LogP contribution in [0.25, 0.3) is 0 Å². The van der Waals surface area contributed by atoms with Crippen molar-refractivity contribution in [2.24, 2.45) is 0 Å². The minimum absolute atomic E-state index is 0.0246. The second-order valence-electron chi connectivity index (χ2n) is 8.09. The molecule has 0 saturated heterocycles. The highest BCUT2D eigenvalue weighted by atomic mass is 16.5. The topological polar surface area (TPSA) is 29.5 Å². The van der Waals surface area contributed by atoms with E-state index in [9.17, 15) is 4.79 Å². The number of nitrogens with zero attached hydrogens (tertiary/aromatic N) is 1. The monoisotopic (exact) mass is 383 g/mol. The molecule has 0 bridgehead atoms. The van der Waals surface area contributed by atoms with Crippen molar-refractivity contribution in [3.05, 3.63) is 0 Å². The van der Waals surface area contributed by atoms with Gasteiger partial charge in [-0.15, -0.1) is 0 Å². The minimum Gasteiger partial charge on any atom is -0.465 e. The summed E-state index contributed by atoms with van der Waals surface area (Å²) in [5.74, 6) is -0.0246. The van der Waals surface area contributed by atoms with Crippen molar-refractivity contribution in [3.63, 3.8) is 0 Å². The summed E-state index contributed by atoms with van der Waals surface area (Å²) in [6, 6.07) is 0. The largest absolute Gasteiger partial charge is 0.465 e. The maximum Gasteiger partial charge on any atom is 0.320 e. The number of ether oxygens (including phenoxy) is 1. The third kappa shape index (κ3) is 20.0. The van der Waals surface area contributed by atoms with Gasteiger partial charge in [-0.3, -0.25) is 9.69 Å². The lowest BCUT2D eigenvalue weighted by Gasteiger charge is -2.21. The van der Waals surface area contributed by atoms with Gasteiger partial charge >= 0.3 is 5.97 Å². The quantitative estimate of drug-likeness (QED) is 0.156. The van der Waals surface area contributed by atoms with Gasteiger partial charge in [-0.25, -0.2) is 0 Å². The smallest absolute Gasteiger partial charge is 0.320 e. The predicted octanol–water partition coefficient (Wildman–Crippen LogP) is 7.13. The molecule has 0 amide bonds. The van der Waals surface area contributed by atoms with E-state index in [1.54, 1.807) is 0 Å². The number of hydrogen-bond donors (Lipinski definition) is 0. The number of hydrogen-bond acceptors (Lipinski definition) is 3. The van der Waals surface area contributed by atoms with Crippen molar-refractivity contribution >= 4 is 5.97 Å². The third-order valence-electron chi connectivity index (χ3n) is 5.27. The van der Waals surface area contributed by atoms with E-state index in [1.807, 2.05) is 0 Å². The molecule has 0 aliphatic heterocycles. The SMILES string of the molecule is CCCCCCCCN(CCCCCCCC)CC(=O)OCCCCCC. The van der Waals surface area contributed by atoms with Crippen LogP contribution in [-0.4, -0.2) is 37.1 Å². The summed E-state index contributed by atoms with van der Waals surface area (Å²) in [6.45, 7) is 9.90. The van der Waals surface area contributed by atoms with Gasteiger partial charge in [0.05, 0.1) is 13.2 Å². The molecule has 3 nitrogen and oxygen atoms in total. The van der Waals surface area contributed by atoms with Crippen LogP contribution in [0.2, 0.25) is 0 Å². The Labute approximate surface area is 170 Å². The van der Waals surface area contributed by atoms with Crippen LogP contribution in [0, 0.1) is 0 Å². The Morgan fingerprint density at radius 1 is 0.593 bits per heavy atom. The lowest BCUT2D eigenvalue weighted by molar-refractivity contribution is -0.145. The Bertz CT molecular complexity index is 291. The van der Waals surface area contributed by atoms with Crippen LogP contribution in [-0.2, 0) is 9.53 Å². The van der Waals surface area contributed by atoms with Crippen LogP contribution >= 0.6 is 0 Å². The zero-order chi connectivity index (χ0) is 20.0. The second-order valence-corrected chi connectivity index (χ2v) is 8.09. The lowest BCUT2D eigenvalue weighted by atomic mass is 10.1. The van der Waals surface area contributed by atoms with Crippen molar-refractivity contribution < 1.29 is 9.53 Å². The molecule has 0 unspecified atom stereocenters. The van der Waals surface area contributed by atoms with Crippen LogP contribution in [0.3, 0.4) is 0 Å². The van der Waals surface area contributed by atoms with E-state index < -0.39 is 0 Å². The predicted molar refractivity (Wildman–Crippen MR) is 118 cm³/mol. The maximum absolute atomic E-state index is 12.2. The fraction of sp³-hybridized carbons (Fsp3) is 0.958. The summed E-state index contributed by atoms with van der Waals surface area (Å²) in [4.78, 5) is 14.5. The molecule has 0 aromatic rings. The molecule has 0 aliphatic carbocycles. The molecule has 0 aromatic carbocycles. The van der Waals surface area contributed by atoms with Gasteiger partial charge in [0.1, 0.15) is 0 Å². The zero-order valence-electron chi connectivity index (χ0n) is 18.9. The van der Waals surface area contributed by atoms with Gasteiger partial charge in [-0.1, -0.05) is 104 Å². The van der Waals surface area contributed by atoms with Gasteiger partial charge in [0.2, 0.25) is 0 Å². The highest BCUT2D eigenvalue weighted by molar-refractivity contribution is 5.71. The van der Waals surface area contributed by atoms with Gasteiger partial charge in [0, 0.05) is 0 Å². The van der Waals surface area contributed by atoms with Gasteiger partial charge in [0.15, 0.2) is 0 Å². The van der Waals surface area contributed by atoms with E-state index >= 15 is 0 Å². The Kier molecular flexibility index (Phi) is 21.3. The van der Waals surface area contributed by atoms with Crippen LogP contribution < -0.4 is 0 Å². The molecule has 27 heavy (non-hydrogen) atoms. The summed E-state index contributed by atoms with van der Waals surface area (Å²) in [7, 11) is 0. The van der Waals surface area contributed by atoms with Crippen molar-refractivity contribution in [3.8, 4) is 0 Å².